The second-order valence-corrected chi connectivity index (χ2v) is 4.64. The van der Waals surface area contributed by atoms with Crippen LogP contribution in [-0.2, 0) is 4.79 Å². The normalized spacial score (nSPS) is 10.5. The molecule has 0 fully saturated rings. The number of oxazole rings is 1. The summed E-state index contributed by atoms with van der Waals surface area (Å²) >= 11 is 0. The molecule has 3 rings (SSSR count). The lowest BCUT2D eigenvalue weighted by Gasteiger charge is -2.09. The van der Waals surface area contributed by atoms with Gasteiger partial charge in [-0.2, -0.15) is 0 Å². The summed E-state index contributed by atoms with van der Waals surface area (Å²) in [6.07, 6.45) is 1.37. The molecule has 2 aromatic carbocycles. The molecule has 0 unspecified atom stereocenters. The van der Waals surface area contributed by atoms with E-state index in [2.05, 4.69) is 10.3 Å². The minimum absolute atomic E-state index is 0.0424. The number of hydrogen-bond donors (Lipinski definition) is 1. The van der Waals surface area contributed by atoms with Gasteiger partial charge in [-0.1, -0.05) is 18.2 Å². The SMILES string of the molecule is Cc1ccccc1OCC(=O)Nc1ccc2ncoc2c1. The number of carbonyl (C=O) groups excluding carboxylic acids is 1. The van der Waals surface area contributed by atoms with E-state index in [9.17, 15) is 4.79 Å². The molecule has 1 N–H and O–H groups in total. The fourth-order valence-electron chi connectivity index (χ4n) is 1.99. The van der Waals surface area contributed by atoms with Gasteiger partial charge in [-0.3, -0.25) is 4.79 Å². The second-order valence-electron chi connectivity index (χ2n) is 4.64. The van der Waals surface area contributed by atoms with Crippen molar-refractivity contribution in [3.8, 4) is 5.75 Å². The molecule has 1 amide bonds. The van der Waals surface area contributed by atoms with Crippen LogP contribution in [0.1, 0.15) is 5.56 Å². The van der Waals surface area contributed by atoms with Crippen LogP contribution in [0.3, 0.4) is 0 Å². The number of para-hydroxylation sites is 1. The van der Waals surface area contributed by atoms with Crippen molar-refractivity contribution in [2.75, 3.05) is 11.9 Å². The van der Waals surface area contributed by atoms with Crippen LogP contribution >= 0.6 is 0 Å². The Bertz CT molecular complexity index is 780. The van der Waals surface area contributed by atoms with E-state index in [4.69, 9.17) is 9.15 Å². The molecule has 106 valence electrons. The third-order valence-corrected chi connectivity index (χ3v) is 3.07. The lowest BCUT2D eigenvalue weighted by atomic mass is 10.2. The molecule has 5 nitrogen and oxygen atoms in total. The van der Waals surface area contributed by atoms with Gasteiger partial charge in [0.15, 0.2) is 18.6 Å². The Hall–Kier alpha value is -2.82. The highest BCUT2D eigenvalue weighted by atomic mass is 16.5. The molecule has 0 bridgehead atoms. The number of nitrogens with one attached hydrogen (secondary N) is 1. The third-order valence-electron chi connectivity index (χ3n) is 3.07. The van der Waals surface area contributed by atoms with E-state index < -0.39 is 0 Å². The Morgan fingerprint density at radius 1 is 1.29 bits per heavy atom. The summed E-state index contributed by atoms with van der Waals surface area (Å²) in [5.74, 6) is 0.482. The van der Waals surface area contributed by atoms with Gasteiger partial charge in [0.25, 0.3) is 5.91 Å². The van der Waals surface area contributed by atoms with Crippen molar-refractivity contribution in [3.63, 3.8) is 0 Å². The van der Waals surface area contributed by atoms with Crippen LogP contribution < -0.4 is 10.1 Å². The van der Waals surface area contributed by atoms with Crippen LogP contribution in [-0.4, -0.2) is 17.5 Å². The van der Waals surface area contributed by atoms with Gasteiger partial charge in [-0.25, -0.2) is 4.98 Å². The molecule has 5 heteroatoms. The van der Waals surface area contributed by atoms with Gasteiger partial charge in [-0.05, 0) is 30.7 Å². The maximum Gasteiger partial charge on any atom is 0.262 e. The molecule has 3 aromatic rings. The molecule has 21 heavy (non-hydrogen) atoms. The number of anilines is 1. The molecule has 0 aliphatic carbocycles. The molecule has 0 radical (unpaired) electrons. The van der Waals surface area contributed by atoms with Crippen molar-refractivity contribution in [1.82, 2.24) is 4.98 Å². The lowest BCUT2D eigenvalue weighted by molar-refractivity contribution is -0.118. The largest absolute Gasteiger partial charge is 0.483 e. The zero-order valence-electron chi connectivity index (χ0n) is 11.5. The predicted molar refractivity (Wildman–Crippen MR) is 79.3 cm³/mol. The molecule has 0 spiro atoms. The molecule has 0 aliphatic rings. The highest BCUT2D eigenvalue weighted by Crippen LogP contribution is 2.18. The number of aromatic nitrogens is 1. The molecule has 1 aromatic heterocycles. The Balaban J connectivity index is 1.62. The average Bonchev–Trinajstić information content (AvgIpc) is 2.94. The molecule has 1 heterocycles. The van der Waals surface area contributed by atoms with E-state index in [1.54, 1.807) is 18.2 Å². The summed E-state index contributed by atoms with van der Waals surface area (Å²) in [7, 11) is 0. The maximum absolute atomic E-state index is 11.9. The standard InChI is InChI=1S/C16H14N2O3/c1-11-4-2-3-5-14(11)20-9-16(19)18-12-6-7-13-15(8-12)21-10-17-13/h2-8,10H,9H2,1H3,(H,18,19). The number of aryl methyl sites for hydroxylation is 1. The van der Waals surface area contributed by atoms with Gasteiger partial charge < -0.3 is 14.5 Å². The Morgan fingerprint density at radius 2 is 2.14 bits per heavy atom. The summed E-state index contributed by atoms with van der Waals surface area (Å²) in [6, 6.07) is 12.9. The first kappa shape index (κ1) is 13.2. The number of fused-ring (bicyclic) bond motifs is 1. The maximum atomic E-state index is 11.9. The highest BCUT2D eigenvalue weighted by Gasteiger charge is 2.06. The molecular weight excluding hydrogens is 268 g/mol. The van der Waals surface area contributed by atoms with Crippen LogP contribution in [0.25, 0.3) is 11.1 Å². The number of benzene rings is 2. The van der Waals surface area contributed by atoms with Gasteiger partial charge in [0.1, 0.15) is 11.3 Å². The first-order valence-electron chi connectivity index (χ1n) is 6.54. The van der Waals surface area contributed by atoms with Crippen molar-refractivity contribution in [1.29, 1.82) is 0 Å². The summed E-state index contributed by atoms with van der Waals surface area (Å²) in [5.41, 5.74) is 3.03. The molecule has 0 saturated carbocycles. The topological polar surface area (TPSA) is 64.4 Å². The number of carbonyl (C=O) groups is 1. The first-order chi connectivity index (χ1) is 10.2. The van der Waals surface area contributed by atoms with Crippen molar-refractivity contribution in [2.24, 2.45) is 0 Å². The van der Waals surface area contributed by atoms with Crippen molar-refractivity contribution >= 4 is 22.7 Å². The van der Waals surface area contributed by atoms with Crippen molar-refractivity contribution in [2.45, 2.75) is 6.92 Å². The van der Waals surface area contributed by atoms with Gasteiger partial charge >= 0.3 is 0 Å². The van der Waals surface area contributed by atoms with E-state index in [-0.39, 0.29) is 12.5 Å². The molecule has 0 saturated heterocycles. The van der Waals surface area contributed by atoms with Gasteiger partial charge in [-0.15, -0.1) is 0 Å². The Labute approximate surface area is 121 Å². The quantitative estimate of drug-likeness (QED) is 0.798. The second kappa shape index (κ2) is 5.66. The average molecular weight is 282 g/mol. The lowest BCUT2D eigenvalue weighted by Crippen LogP contribution is -2.20. The summed E-state index contributed by atoms with van der Waals surface area (Å²) in [4.78, 5) is 15.9. The molecular formula is C16H14N2O3. The number of ether oxygens (including phenoxy) is 1. The first-order valence-corrected chi connectivity index (χ1v) is 6.54. The number of rotatable bonds is 4. The molecule has 0 aliphatic heterocycles. The summed E-state index contributed by atoms with van der Waals surface area (Å²) in [6.45, 7) is 1.89. The smallest absolute Gasteiger partial charge is 0.262 e. The summed E-state index contributed by atoms with van der Waals surface area (Å²) in [5, 5.41) is 2.76. The van der Waals surface area contributed by atoms with Crippen LogP contribution in [0.15, 0.2) is 53.3 Å². The van der Waals surface area contributed by atoms with Crippen molar-refractivity contribution in [3.05, 3.63) is 54.4 Å². The number of amides is 1. The van der Waals surface area contributed by atoms with Gasteiger partial charge in [0.05, 0.1) is 0 Å². The van der Waals surface area contributed by atoms with E-state index in [0.717, 1.165) is 11.1 Å². The highest BCUT2D eigenvalue weighted by molar-refractivity contribution is 5.93. The Kier molecular flexibility index (Phi) is 3.55. The minimum atomic E-state index is -0.225. The van der Waals surface area contributed by atoms with Crippen LogP contribution in [0, 0.1) is 6.92 Å². The summed E-state index contributed by atoms with van der Waals surface area (Å²) < 4.78 is 10.7. The van der Waals surface area contributed by atoms with E-state index in [0.29, 0.717) is 17.0 Å². The predicted octanol–water partition coefficient (Wildman–Crippen LogP) is 3.15. The third kappa shape index (κ3) is 3.02. The zero-order valence-corrected chi connectivity index (χ0v) is 11.5. The van der Waals surface area contributed by atoms with E-state index in [1.807, 2.05) is 31.2 Å². The van der Waals surface area contributed by atoms with Gasteiger partial charge in [0, 0.05) is 11.8 Å². The Morgan fingerprint density at radius 3 is 3.00 bits per heavy atom. The fraction of sp³-hybridized carbons (Fsp3) is 0.125. The fourth-order valence-corrected chi connectivity index (χ4v) is 1.99. The molecule has 0 atom stereocenters. The van der Waals surface area contributed by atoms with E-state index >= 15 is 0 Å². The van der Waals surface area contributed by atoms with Gasteiger partial charge in [0.2, 0.25) is 0 Å². The van der Waals surface area contributed by atoms with E-state index in [1.165, 1.54) is 6.39 Å². The van der Waals surface area contributed by atoms with Crippen LogP contribution in [0.5, 0.6) is 5.75 Å². The van der Waals surface area contributed by atoms with Crippen molar-refractivity contribution < 1.29 is 13.9 Å². The number of nitrogens with zero attached hydrogens (tertiary/aromatic N) is 1. The number of hydrogen-bond acceptors (Lipinski definition) is 4. The minimum Gasteiger partial charge on any atom is -0.483 e. The monoisotopic (exact) mass is 282 g/mol. The van der Waals surface area contributed by atoms with Crippen LogP contribution in [0.2, 0.25) is 0 Å². The van der Waals surface area contributed by atoms with Crippen LogP contribution in [0.4, 0.5) is 5.69 Å². The zero-order chi connectivity index (χ0) is 14.7.